The third kappa shape index (κ3) is 3.63. The molecule has 0 bridgehead atoms. The molecule has 1 unspecified atom stereocenters. The number of amides is 1. The smallest absolute Gasteiger partial charge is 0.220 e. The lowest BCUT2D eigenvalue weighted by Crippen LogP contribution is -2.25. The molecular formula is C14H17NO2. The van der Waals surface area contributed by atoms with Gasteiger partial charge in [0.1, 0.15) is 6.61 Å². The first-order chi connectivity index (χ1) is 8.24. The molecule has 1 amide bonds. The second kappa shape index (κ2) is 5.53. The molecule has 3 heteroatoms. The second-order valence-electron chi connectivity index (χ2n) is 4.32. The quantitative estimate of drug-likeness (QED) is 0.790. The van der Waals surface area contributed by atoms with Crippen LogP contribution in [0.3, 0.4) is 0 Å². The van der Waals surface area contributed by atoms with Gasteiger partial charge in [0.2, 0.25) is 5.91 Å². The van der Waals surface area contributed by atoms with Crippen LogP contribution in [-0.2, 0) is 16.1 Å². The molecule has 1 aliphatic heterocycles. The summed E-state index contributed by atoms with van der Waals surface area (Å²) in [4.78, 5) is 11.0. The van der Waals surface area contributed by atoms with Gasteiger partial charge in [0.25, 0.3) is 0 Å². The maximum absolute atomic E-state index is 11.0. The summed E-state index contributed by atoms with van der Waals surface area (Å²) in [5.41, 5.74) is 1.13. The molecule has 1 saturated heterocycles. The van der Waals surface area contributed by atoms with Crippen molar-refractivity contribution in [2.24, 2.45) is 0 Å². The van der Waals surface area contributed by atoms with Gasteiger partial charge in [-0.3, -0.25) is 4.79 Å². The fraction of sp³-hybridized carbons (Fsp3) is 0.357. The van der Waals surface area contributed by atoms with Gasteiger partial charge in [0.05, 0.1) is 5.76 Å². The van der Waals surface area contributed by atoms with E-state index in [2.05, 4.69) is 11.9 Å². The topological polar surface area (TPSA) is 38.3 Å². The van der Waals surface area contributed by atoms with Crippen LogP contribution in [0.25, 0.3) is 0 Å². The molecule has 1 atom stereocenters. The van der Waals surface area contributed by atoms with Crippen molar-refractivity contribution < 1.29 is 9.53 Å². The zero-order valence-electron chi connectivity index (χ0n) is 9.82. The normalized spacial score (nSPS) is 18.8. The van der Waals surface area contributed by atoms with Crippen LogP contribution in [0.1, 0.15) is 24.8 Å². The minimum Gasteiger partial charge on any atom is -0.494 e. The molecule has 0 saturated carbocycles. The van der Waals surface area contributed by atoms with Gasteiger partial charge in [-0.1, -0.05) is 36.9 Å². The molecule has 90 valence electrons. The van der Waals surface area contributed by atoms with Crippen LogP contribution in [0.4, 0.5) is 0 Å². The van der Waals surface area contributed by atoms with E-state index < -0.39 is 0 Å². The van der Waals surface area contributed by atoms with Gasteiger partial charge in [-0.25, -0.2) is 0 Å². The molecule has 0 radical (unpaired) electrons. The van der Waals surface area contributed by atoms with Crippen LogP contribution in [0.2, 0.25) is 0 Å². The Morgan fingerprint density at radius 2 is 2.18 bits per heavy atom. The van der Waals surface area contributed by atoms with Gasteiger partial charge in [-0.15, -0.1) is 0 Å². The van der Waals surface area contributed by atoms with Gasteiger partial charge in [0, 0.05) is 18.9 Å². The number of hydrogen-bond acceptors (Lipinski definition) is 2. The largest absolute Gasteiger partial charge is 0.494 e. The molecule has 1 N–H and O–H groups in total. The minimum atomic E-state index is 0.130. The van der Waals surface area contributed by atoms with E-state index in [-0.39, 0.29) is 11.9 Å². The first-order valence-corrected chi connectivity index (χ1v) is 5.88. The first kappa shape index (κ1) is 11.7. The molecule has 1 aliphatic rings. The molecule has 3 nitrogen and oxygen atoms in total. The number of benzene rings is 1. The monoisotopic (exact) mass is 231 g/mol. The van der Waals surface area contributed by atoms with Crippen molar-refractivity contribution in [3.63, 3.8) is 0 Å². The molecular weight excluding hydrogens is 214 g/mol. The highest BCUT2D eigenvalue weighted by Crippen LogP contribution is 2.16. The molecule has 2 rings (SSSR count). The third-order valence-electron chi connectivity index (χ3n) is 2.84. The SMILES string of the molecule is C=C(CC1CCC(=O)N1)OCc1ccccc1. The van der Waals surface area contributed by atoms with Crippen LogP contribution in [0.5, 0.6) is 0 Å². The van der Waals surface area contributed by atoms with E-state index in [9.17, 15) is 4.79 Å². The van der Waals surface area contributed by atoms with Gasteiger partial charge in [-0.2, -0.15) is 0 Å². The summed E-state index contributed by atoms with van der Waals surface area (Å²) < 4.78 is 5.58. The van der Waals surface area contributed by atoms with E-state index in [1.165, 1.54) is 0 Å². The van der Waals surface area contributed by atoms with Crippen LogP contribution < -0.4 is 5.32 Å². The molecule has 1 aromatic rings. The average Bonchev–Trinajstić information content (AvgIpc) is 2.73. The van der Waals surface area contributed by atoms with Crippen LogP contribution >= 0.6 is 0 Å². The van der Waals surface area contributed by atoms with Crippen molar-refractivity contribution in [1.82, 2.24) is 5.32 Å². The van der Waals surface area contributed by atoms with Gasteiger partial charge < -0.3 is 10.1 Å². The molecule has 0 aliphatic carbocycles. The minimum absolute atomic E-state index is 0.130. The third-order valence-corrected chi connectivity index (χ3v) is 2.84. The summed E-state index contributed by atoms with van der Waals surface area (Å²) >= 11 is 0. The molecule has 1 fully saturated rings. The summed E-state index contributed by atoms with van der Waals surface area (Å²) in [6.45, 7) is 4.43. The summed E-state index contributed by atoms with van der Waals surface area (Å²) in [7, 11) is 0. The highest BCUT2D eigenvalue weighted by Gasteiger charge is 2.21. The van der Waals surface area contributed by atoms with E-state index in [0.717, 1.165) is 17.7 Å². The van der Waals surface area contributed by atoms with E-state index >= 15 is 0 Å². The number of hydrogen-bond donors (Lipinski definition) is 1. The molecule has 1 heterocycles. The van der Waals surface area contributed by atoms with Crippen molar-refractivity contribution in [2.45, 2.75) is 31.9 Å². The van der Waals surface area contributed by atoms with Gasteiger partial charge in [-0.05, 0) is 12.0 Å². The molecule has 1 aromatic carbocycles. The van der Waals surface area contributed by atoms with Crippen molar-refractivity contribution in [2.75, 3.05) is 0 Å². The molecule has 0 spiro atoms. The Morgan fingerprint density at radius 1 is 1.41 bits per heavy atom. The summed E-state index contributed by atoms with van der Waals surface area (Å²) in [5, 5.41) is 2.90. The fourth-order valence-electron chi connectivity index (χ4n) is 1.92. The average molecular weight is 231 g/mol. The second-order valence-corrected chi connectivity index (χ2v) is 4.32. The first-order valence-electron chi connectivity index (χ1n) is 5.88. The zero-order valence-corrected chi connectivity index (χ0v) is 9.82. The highest BCUT2D eigenvalue weighted by atomic mass is 16.5. The number of carbonyl (C=O) groups excluding carboxylic acids is 1. The maximum atomic E-state index is 11.0. The Kier molecular flexibility index (Phi) is 3.81. The fourth-order valence-corrected chi connectivity index (χ4v) is 1.92. The lowest BCUT2D eigenvalue weighted by atomic mass is 10.1. The number of carbonyl (C=O) groups is 1. The Labute approximate surface area is 101 Å². The van der Waals surface area contributed by atoms with E-state index in [1.807, 2.05) is 30.3 Å². The predicted octanol–water partition coefficient (Wildman–Crippen LogP) is 2.39. The highest BCUT2D eigenvalue weighted by molar-refractivity contribution is 5.78. The number of ether oxygens (including phenoxy) is 1. The Hall–Kier alpha value is -1.77. The molecule has 17 heavy (non-hydrogen) atoms. The maximum Gasteiger partial charge on any atom is 0.220 e. The van der Waals surface area contributed by atoms with Crippen molar-refractivity contribution in [1.29, 1.82) is 0 Å². The number of nitrogens with one attached hydrogen (secondary N) is 1. The predicted molar refractivity (Wildman–Crippen MR) is 66.2 cm³/mol. The van der Waals surface area contributed by atoms with Crippen LogP contribution in [0, 0.1) is 0 Å². The van der Waals surface area contributed by atoms with Crippen LogP contribution in [0.15, 0.2) is 42.7 Å². The van der Waals surface area contributed by atoms with E-state index in [4.69, 9.17) is 4.74 Å². The lowest BCUT2D eigenvalue weighted by Gasteiger charge is -2.13. The summed E-state index contributed by atoms with van der Waals surface area (Å²) in [6.07, 6.45) is 2.21. The Morgan fingerprint density at radius 3 is 2.82 bits per heavy atom. The van der Waals surface area contributed by atoms with Gasteiger partial charge >= 0.3 is 0 Å². The van der Waals surface area contributed by atoms with Crippen molar-refractivity contribution in [3.8, 4) is 0 Å². The van der Waals surface area contributed by atoms with Crippen molar-refractivity contribution >= 4 is 5.91 Å². The Balaban J connectivity index is 1.73. The van der Waals surface area contributed by atoms with Crippen molar-refractivity contribution in [3.05, 3.63) is 48.2 Å². The summed E-state index contributed by atoms with van der Waals surface area (Å²) in [5.74, 6) is 0.868. The van der Waals surface area contributed by atoms with E-state index in [1.54, 1.807) is 0 Å². The van der Waals surface area contributed by atoms with Gasteiger partial charge in [0.15, 0.2) is 0 Å². The Bertz CT molecular complexity index is 400. The number of rotatable bonds is 5. The lowest BCUT2D eigenvalue weighted by molar-refractivity contribution is -0.119. The standard InChI is InChI=1S/C14H17NO2/c1-11(9-13-7-8-14(16)15-13)17-10-12-5-3-2-4-6-12/h2-6,13H,1,7-10H2,(H,15,16). The van der Waals surface area contributed by atoms with Crippen LogP contribution in [-0.4, -0.2) is 11.9 Å². The molecule has 0 aromatic heterocycles. The zero-order chi connectivity index (χ0) is 12.1. The summed E-state index contributed by atoms with van der Waals surface area (Å²) in [6, 6.07) is 10.2. The van der Waals surface area contributed by atoms with E-state index in [0.29, 0.717) is 19.4 Å².